The molecule has 0 aromatic rings. The average Bonchev–Trinajstić information content (AvgIpc) is 3.48. The highest BCUT2D eigenvalue weighted by Gasteiger charge is 2.69. The van der Waals surface area contributed by atoms with Gasteiger partial charge < -0.3 is 104 Å². The first-order chi connectivity index (χ1) is 31.1. The Bertz CT molecular complexity index is 1740. The van der Waals surface area contributed by atoms with Crippen LogP contribution in [0.25, 0.3) is 0 Å². The minimum Gasteiger partial charge on any atom is -0.432 e. The Kier molecular flexibility index (Phi) is 14.5. The largest absolute Gasteiger partial charge is 0.432 e. The summed E-state index contributed by atoms with van der Waals surface area (Å²) in [5.74, 6) is -0.679. The highest BCUT2D eigenvalue weighted by atomic mass is 16.8. The summed E-state index contributed by atoms with van der Waals surface area (Å²) in [5.41, 5.74) is -2.00. The average molecular weight is 951 g/mol. The number of hydrogen-bond donors (Lipinski definition) is 13. The minimum atomic E-state index is -1.88. The molecule has 4 aliphatic carbocycles. The van der Waals surface area contributed by atoms with Gasteiger partial charge in [-0.25, -0.2) is 0 Å². The van der Waals surface area contributed by atoms with E-state index in [-0.39, 0.29) is 22.7 Å². The third-order valence-corrected chi connectivity index (χ3v) is 17.0. The molecule has 0 aromatic carbocycles. The Labute approximate surface area is 381 Å². The minimum absolute atomic E-state index is 0.0837. The van der Waals surface area contributed by atoms with Gasteiger partial charge in [-0.05, 0) is 93.5 Å². The number of carbonyl (C=O) groups is 1. The molecule has 22 heteroatoms. The number of ether oxygens (including phenoxy) is 8. The number of esters is 1. The van der Waals surface area contributed by atoms with Crippen LogP contribution in [0.5, 0.6) is 0 Å². The number of aliphatic hydroxyl groups is 13. The van der Waals surface area contributed by atoms with E-state index in [2.05, 4.69) is 13.5 Å². The van der Waals surface area contributed by atoms with Crippen molar-refractivity contribution in [3.63, 3.8) is 0 Å². The van der Waals surface area contributed by atoms with Crippen molar-refractivity contribution in [2.45, 2.75) is 207 Å². The van der Waals surface area contributed by atoms with E-state index < -0.39 is 160 Å². The third kappa shape index (κ3) is 8.30. The molecule has 0 radical (unpaired) electrons. The second-order valence-electron chi connectivity index (χ2n) is 20.8. The predicted molar refractivity (Wildman–Crippen MR) is 218 cm³/mol. The highest BCUT2D eigenvalue weighted by Crippen LogP contribution is 2.73. The Balaban J connectivity index is 0.990. The zero-order valence-electron chi connectivity index (χ0n) is 37.4. The Morgan fingerprint density at radius 1 is 0.606 bits per heavy atom. The quantitative estimate of drug-likeness (QED) is 0.0532. The van der Waals surface area contributed by atoms with E-state index in [9.17, 15) is 71.2 Å². The van der Waals surface area contributed by atoms with Gasteiger partial charge in [0, 0.05) is 0 Å². The van der Waals surface area contributed by atoms with Crippen LogP contribution in [-0.4, -0.2) is 221 Å². The van der Waals surface area contributed by atoms with Gasteiger partial charge in [0.25, 0.3) is 0 Å². The molecule has 378 valence electrons. The van der Waals surface area contributed by atoms with Crippen LogP contribution in [0.3, 0.4) is 0 Å². The van der Waals surface area contributed by atoms with Gasteiger partial charge in [-0.1, -0.05) is 19.9 Å². The van der Waals surface area contributed by atoms with Gasteiger partial charge in [0.05, 0.1) is 36.9 Å². The molecule has 2 bridgehead atoms. The van der Waals surface area contributed by atoms with Crippen LogP contribution in [0.4, 0.5) is 0 Å². The Morgan fingerprint density at radius 3 is 1.83 bits per heavy atom. The highest BCUT2D eigenvalue weighted by molar-refractivity contribution is 5.77. The molecule has 26 atom stereocenters. The first-order valence-corrected chi connectivity index (χ1v) is 23.2. The second-order valence-corrected chi connectivity index (χ2v) is 20.8. The van der Waals surface area contributed by atoms with E-state index in [4.69, 9.17) is 37.9 Å². The van der Waals surface area contributed by atoms with Crippen molar-refractivity contribution in [3.05, 3.63) is 12.2 Å². The van der Waals surface area contributed by atoms with Gasteiger partial charge in [0.2, 0.25) is 6.29 Å². The second kappa shape index (κ2) is 18.9. The van der Waals surface area contributed by atoms with E-state index in [1.54, 1.807) is 0 Å². The van der Waals surface area contributed by atoms with Crippen LogP contribution in [-0.2, 0) is 42.7 Å². The molecule has 4 aliphatic heterocycles. The summed E-state index contributed by atoms with van der Waals surface area (Å²) < 4.78 is 47.4. The summed E-state index contributed by atoms with van der Waals surface area (Å²) in [4.78, 5) is 14.2. The first-order valence-electron chi connectivity index (χ1n) is 23.2. The topological polar surface area (TPSA) is 354 Å². The Hall–Kier alpha value is -1.59. The van der Waals surface area contributed by atoms with Crippen molar-refractivity contribution in [1.29, 1.82) is 0 Å². The fraction of sp³-hybridized carbons (Fsp3) is 0.932. The summed E-state index contributed by atoms with van der Waals surface area (Å²) in [6.07, 6.45) is -27.1. The number of fused-ring (bicyclic) bond motifs is 3. The van der Waals surface area contributed by atoms with Crippen molar-refractivity contribution in [2.24, 2.45) is 28.1 Å². The molecule has 66 heavy (non-hydrogen) atoms. The van der Waals surface area contributed by atoms with Crippen molar-refractivity contribution in [1.82, 2.24) is 0 Å². The molecule has 1 spiro atoms. The van der Waals surface area contributed by atoms with Gasteiger partial charge in [-0.3, -0.25) is 4.79 Å². The van der Waals surface area contributed by atoms with Crippen LogP contribution in [0.15, 0.2) is 12.2 Å². The van der Waals surface area contributed by atoms with Gasteiger partial charge >= 0.3 is 5.97 Å². The molecule has 22 nitrogen and oxygen atoms in total. The van der Waals surface area contributed by atoms with Gasteiger partial charge in [0.15, 0.2) is 18.9 Å². The maximum absolute atomic E-state index is 14.2. The van der Waals surface area contributed by atoms with Gasteiger partial charge in [0.1, 0.15) is 91.6 Å². The van der Waals surface area contributed by atoms with Crippen molar-refractivity contribution < 1.29 is 109 Å². The lowest BCUT2D eigenvalue weighted by atomic mass is 9.41. The van der Waals surface area contributed by atoms with Crippen molar-refractivity contribution in [3.8, 4) is 0 Å². The molecule has 4 heterocycles. The summed E-state index contributed by atoms with van der Waals surface area (Å²) in [6, 6.07) is 0. The summed E-state index contributed by atoms with van der Waals surface area (Å²) in [6.45, 7) is 7.71. The molecule has 0 aromatic heterocycles. The van der Waals surface area contributed by atoms with Gasteiger partial charge in [-0.2, -0.15) is 0 Å². The number of carbonyl (C=O) groups excluding carboxylic acids is 1. The molecule has 4 saturated carbocycles. The van der Waals surface area contributed by atoms with Crippen LogP contribution in [0.2, 0.25) is 0 Å². The van der Waals surface area contributed by atoms with E-state index in [0.29, 0.717) is 51.4 Å². The predicted octanol–water partition coefficient (Wildman–Crippen LogP) is -4.09. The summed E-state index contributed by atoms with van der Waals surface area (Å²) >= 11 is 0. The lowest BCUT2D eigenvalue weighted by molar-refractivity contribution is -0.391. The van der Waals surface area contributed by atoms with E-state index in [1.165, 1.54) is 6.92 Å². The van der Waals surface area contributed by atoms with Crippen LogP contribution in [0.1, 0.15) is 78.6 Å². The Morgan fingerprint density at radius 2 is 1.17 bits per heavy atom. The smallest absolute Gasteiger partial charge is 0.314 e. The monoisotopic (exact) mass is 950 g/mol. The lowest BCUT2D eigenvalue weighted by Gasteiger charge is -2.64. The number of aliphatic hydroxyl groups excluding tert-OH is 13. The zero-order chi connectivity index (χ0) is 48.0. The lowest BCUT2D eigenvalue weighted by Crippen LogP contribution is -2.67. The van der Waals surface area contributed by atoms with Crippen LogP contribution < -0.4 is 0 Å². The van der Waals surface area contributed by atoms with E-state index in [1.807, 2.05) is 6.92 Å². The maximum Gasteiger partial charge on any atom is 0.314 e. The summed E-state index contributed by atoms with van der Waals surface area (Å²) in [7, 11) is 0. The number of rotatable bonds is 11. The number of hydrogen-bond acceptors (Lipinski definition) is 22. The van der Waals surface area contributed by atoms with Crippen molar-refractivity contribution in [2.75, 3.05) is 19.8 Å². The third-order valence-electron chi connectivity index (χ3n) is 17.0. The normalized spacial score (nSPS) is 55.2. The first kappa shape index (κ1) is 50.8. The van der Waals surface area contributed by atoms with Crippen LogP contribution in [0, 0.1) is 28.1 Å². The molecule has 4 saturated heterocycles. The van der Waals surface area contributed by atoms with Crippen LogP contribution >= 0.6 is 0 Å². The van der Waals surface area contributed by atoms with Crippen molar-refractivity contribution >= 4 is 5.97 Å². The standard InChI is InChI=1S/C44H70O22/c1-17-12-43-10-6-22-41(3,8-5-9-42(22,4)40(58)65-37-32(56)29(53)25(49)19(13-45)60-37)23(43)7-11-44(17,16-43)66-38-33(57)34(27(51)21(15-47)61-38)63-39-35(30(54)26(50)20(14-46)62-39)64-36-31(55)28(52)24(48)18(2)59-36/h18-39,45-57H,1,5-16H2,2-4H3/t18?,19?,20?,21?,22?,23?,24?,25?,26?,27?,28?,29?,30?,31?,32?,33?,34?,35?,36?,37?,38?,39?,41-,42-,43+,44-/m1/s1. The molecule has 13 N–H and O–H groups in total. The van der Waals surface area contributed by atoms with Gasteiger partial charge in [-0.15, -0.1) is 0 Å². The SMILES string of the molecule is C=C1C[C@]23CCC4[C@@](C)(CCC[C@@]4(C)C(=O)OC4OC(CO)C(O)C(O)C4O)C2CC[C@@]1(OC1OC(CO)C(O)C(OC2OC(CO)C(O)C(O)C2OC2OC(C)C(O)C(O)C2O)C1O)C3. The molecule has 0 amide bonds. The zero-order valence-corrected chi connectivity index (χ0v) is 37.4. The molecular formula is C44H70O22. The molecular weight excluding hydrogens is 880 g/mol. The fourth-order valence-corrected chi connectivity index (χ4v) is 13.4. The molecule has 8 aliphatic rings. The molecule has 8 rings (SSSR count). The van der Waals surface area contributed by atoms with E-state index in [0.717, 1.165) is 12.0 Å². The fourth-order valence-electron chi connectivity index (χ4n) is 13.4. The molecule has 8 fully saturated rings. The maximum atomic E-state index is 14.2. The van der Waals surface area contributed by atoms with E-state index >= 15 is 0 Å². The summed E-state index contributed by atoms with van der Waals surface area (Å²) in [5, 5.41) is 138. The molecule has 22 unspecified atom stereocenters.